The third kappa shape index (κ3) is 4.19. The number of esters is 1. The molecule has 1 fully saturated rings. The van der Waals surface area contributed by atoms with Crippen molar-refractivity contribution in [3.05, 3.63) is 0 Å². The highest BCUT2D eigenvalue weighted by molar-refractivity contribution is 5.71. The quantitative estimate of drug-likeness (QED) is 0.760. The van der Waals surface area contributed by atoms with Gasteiger partial charge in [-0.15, -0.1) is 0 Å². The summed E-state index contributed by atoms with van der Waals surface area (Å²) in [5.41, 5.74) is 6.30. The van der Waals surface area contributed by atoms with Crippen LogP contribution in [0.25, 0.3) is 0 Å². The Labute approximate surface area is 124 Å². The Kier molecular flexibility index (Phi) is 6.46. The minimum Gasteiger partial charge on any atom is -0.468 e. The van der Waals surface area contributed by atoms with Crippen molar-refractivity contribution in [3.8, 4) is 0 Å². The van der Waals surface area contributed by atoms with E-state index < -0.39 is 0 Å². The van der Waals surface area contributed by atoms with E-state index in [1.54, 1.807) is 0 Å². The van der Waals surface area contributed by atoms with Crippen molar-refractivity contribution in [1.82, 2.24) is 4.90 Å². The predicted octanol–water partition coefficient (Wildman–Crippen LogP) is 2.27. The van der Waals surface area contributed by atoms with Gasteiger partial charge >= 0.3 is 5.97 Å². The molecule has 1 aliphatic rings. The first-order valence-electron chi connectivity index (χ1n) is 7.82. The first kappa shape index (κ1) is 17.4. The van der Waals surface area contributed by atoms with Crippen LogP contribution in [0.15, 0.2) is 0 Å². The van der Waals surface area contributed by atoms with Crippen molar-refractivity contribution in [2.24, 2.45) is 23.0 Å². The van der Waals surface area contributed by atoms with Crippen molar-refractivity contribution in [2.75, 3.05) is 27.2 Å². The molecule has 0 aliphatic heterocycles. The number of rotatable bonds is 6. The van der Waals surface area contributed by atoms with E-state index in [0.717, 1.165) is 6.42 Å². The summed E-state index contributed by atoms with van der Waals surface area (Å²) in [4.78, 5) is 13.6. The van der Waals surface area contributed by atoms with Crippen LogP contribution in [-0.2, 0) is 9.53 Å². The summed E-state index contributed by atoms with van der Waals surface area (Å²) < 4.78 is 4.78. The number of ether oxygens (including phenoxy) is 1. The summed E-state index contributed by atoms with van der Waals surface area (Å²) in [6.07, 6.45) is 4.75. The predicted molar refractivity (Wildman–Crippen MR) is 82.4 cm³/mol. The summed E-state index contributed by atoms with van der Waals surface area (Å²) in [7, 11) is 3.46. The largest absolute Gasteiger partial charge is 0.468 e. The maximum absolute atomic E-state index is 11.5. The highest BCUT2D eigenvalue weighted by atomic mass is 16.5. The third-order valence-electron chi connectivity index (χ3n) is 5.45. The van der Waals surface area contributed by atoms with Crippen molar-refractivity contribution >= 4 is 5.97 Å². The highest BCUT2D eigenvalue weighted by Gasteiger charge is 2.38. The molecule has 1 aliphatic carbocycles. The van der Waals surface area contributed by atoms with E-state index in [-0.39, 0.29) is 5.97 Å². The van der Waals surface area contributed by atoms with Gasteiger partial charge in [0.1, 0.15) is 0 Å². The fraction of sp³-hybridized carbons (Fsp3) is 0.938. The summed E-state index contributed by atoms with van der Waals surface area (Å²) in [6, 6.07) is 0.392. The number of nitrogens with zero attached hydrogens (tertiary/aromatic N) is 1. The lowest BCUT2D eigenvalue weighted by atomic mass is 9.65. The molecule has 0 aromatic heterocycles. The molecule has 0 radical (unpaired) electrons. The molecule has 0 aromatic carbocycles. The van der Waals surface area contributed by atoms with Crippen LogP contribution in [0.3, 0.4) is 0 Å². The maximum Gasteiger partial charge on any atom is 0.319 e. The minimum absolute atomic E-state index is 0.167. The number of nitrogens with two attached hydrogens (primary N) is 1. The lowest BCUT2D eigenvalue weighted by Gasteiger charge is -2.45. The first-order valence-corrected chi connectivity index (χ1v) is 7.82. The standard InChI is InChI=1S/C16H32N2O2/c1-6-16(2,3)13-8-7-12(10-17)14(9-13)18(4)11-15(19)20-5/h12-14H,6-11,17H2,1-5H3. The second-order valence-electron chi connectivity index (χ2n) is 6.91. The van der Waals surface area contributed by atoms with E-state index in [4.69, 9.17) is 10.5 Å². The van der Waals surface area contributed by atoms with Gasteiger partial charge in [0.05, 0.1) is 13.7 Å². The topological polar surface area (TPSA) is 55.6 Å². The molecule has 0 spiro atoms. The van der Waals surface area contributed by atoms with Crippen LogP contribution in [-0.4, -0.2) is 44.2 Å². The van der Waals surface area contributed by atoms with E-state index in [0.29, 0.717) is 36.4 Å². The highest BCUT2D eigenvalue weighted by Crippen LogP contribution is 2.43. The van der Waals surface area contributed by atoms with Gasteiger partial charge in [-0.25, -0.2) is 0 Å². The van der Waals surface area contributed by atoms with Crippen LogP contribution >= 0.6 is 0 Å². The van der Waals surface area contributed by atoms with Gasteiger partial charge in [-0.1, -0.05) is 27.2 Å². The van der Waals surface area contributed by atoms with Crippen LogP contribution in [0.5, 0.6) is 0 Å². The van der Waals surface area contributed by atoms with Crippen LogP contribution in [0.2, 0.25) is 0 Å². The number of hydrogen-bond donors (Lipinski definition) is 1. The van der Waals surface area contributed by atoms with Crippen LogP contribution in [0.4, 0.5) is 0 Å². The number of hydrogen-bond acceptors (Lipinski definition) is 4. The Morgan fingerprint density at radius 1 is 1.40 bits per heavy atom. The molecular formula is C16H32N2O2. The molecule has 1 saturated carbocycles. The van der Waals surface area contributed by atoms with Crippen molar-refractivity contribution in [1.29, 1.82) is 0 Å². The van der Waals surface area contributed by atoms with Gasteiger partial charge in [0.25, 0.3) is 0 Å². The molecule has 20 heavy (non-hydrogen) atoms. The van der Waals surface area contributed by atoms with Gasteiger partial charge in [-0.2, -0.15) is 0 Å². The van der Waals surface area contributed by atoms with Crippen LogP contribution in [0.1, 0.15) is 46.5 Å². The second kappa shape index (κ2) is 7.41. The Morgan fingerprint density at radius 3 is 2.55 bits per heavy atom. The zero-order valence-electron chi connectivity index (χ0n) is 13.8. The average molecular weight is 284 g/mol. The van der Waals surface area contributed by atoms with E-state index in [1.807, 2.05) is 7.05 Å². The fourth-order valence-electron chi connectivity index (χ4n) is 3.41. The van der Waals surface area contributed by atoms with Gasteiger partial charge < -0.3 is 10.5 Å². The molecule has 1 rings (SSSR count). The van der Waals surface area contributed by atoms with E-state index >= 15 is 0 Å². The number of carbonyl (C=O) groups excluding carboxylic acids is 1. The Bertz CT molecular complexity index is 318. The van der Waals surface area contributed by atoms with Gasteiger partial charge in [0, 0.05) is 6.04 Å². The summed E-state index contributed by atoms with van der Waals surface area (Å²) in [5, 5.41) is 0. The molecule has 4 heteroatoms. The fourth-order valence-corrected chi connectivity index (χ4v) is 3.41. The van der Waals surface area contributed by atoms with Gasteiger partial charge in [-0.05, 0) is 50.1 Å². The molecule has 0 bridgehead atoms. The molecule has 0 heterocycles. The van der Waals surface area contributed by atoms with E-state index in [9.17, 15) is 4.79 Å². The SMILES string of the molecule is CCC(C)(C)C1CCC(CN)C(N(C)CC(=O)OC)C1. The molecule has 118 valence electrons. The minimum atomic E-state index is -0.167. The Hall–Kier alpha value is -0.610. The summed E-state index contributed by atoms with van der Waals surface area (Å²) >= 11 is 0. The molecule has 0 amide bonds. The van der Waals surface area contributed by atoms with Crippen LogP contribution in [0, 0.1) is 17.3 Å². The van der Waals surface area contributed by atoms with E-state index in [1.165, 1.54) is 26.4 Å². The third-order valence-corrected chi connectivity index (χ3v) is 5.45. The zero-order chi connectivity index (χ0) is 15.3. The molecule has 3 atom stereocenters. The summed E-state index contributed by atoms with van der Waals surface area (Å²) in [6.45, 7) is 8.05. The molecule has 0 aromatic rings. The Balaban J connectivity index is 2.75. The average Bonchev–Trinajstić information content (AvgIpc) is 2.46. The molecule has 0 saturated heterocycles. The van der Waals surface area contributed by atoms with Crippen LogP contribution < -0.4 is 5.73 Å². The lowest BCUT2D eigenvalue weighted by molar-refractivity contribution is -0.142. The van der Waals surface area contributed by atoms with Crippen molar-refractivity contribution < 1.29 is 9.53 Å². The number of carbonyl (C=O) groups is 1. The molecule has 3 unspecified atom stereocenters. The molecule has 2 N–H and O–H groups in total. The number of methoxy groups -OCH3 is 1. The Morgan fingerprint density at radius 2 is 2.05 bits per heavy atom. The second-order valence-corrected chi connectivity index (χ2v) is 6.91. The molecule has 4 nitrogen and oxygen atoms in total. The first-order chi connectivity index (χ1) is 9.35. The van der Waals surface area contributed by atoms with E-state index in [2.05, 4.69) is 25.7 Å². The smallest absolute Gasteiger partial charge is 0.319 e. The van der Waals surface area contributed by atoms with Gasteiger partial charge in [0.15, 0.2) is 0 Å². The monoisotopic (exact) mass is 284 g/mol. The van der Waals surface area contributed by atoms with Crippen molar-refractivity contribution in [3.63, 3.8) is 0 Å². The lowest BCUT2D eigenvalue weighted by Crippen LogP contribution is -2.48. The normalized spacial score (nSPS) is 27.6. The van der Waals surface area contributed by atoms with Gasteiger partial charge in [0.2, 0.25) is 0 Å². The van der Waals surface area contributed by atoms with Crippen molar-refractivity contribution in [2.45, 2.75) is 52.5 Å². The van der Waals surface area contributed by atoms with Gasteiger partial charge in [-0.3, -0.25) is 9.69 Å². The zero-order valence-corrected chi connectivity index (χ0v) is 13.8. The number of likely N-dealkylation sites (N-methyl/N-ethyl adjacent to an activating group) is 1. The summed E-state index contributed by atoms with van der Waals surface area (Å²) in [5.74, 6) is 1.04. The maximum atomic E-state index is 11.5. The molecular weight excluding hydrogens is 252 g/mol.